The van der Waals surface area contributed by atoms with Crippen molar-refractivity contribution in [1.29, 1.82) is 0 Å². The van der Waals surface area contributed by atoms with Gasteiger partial charge in [-0.2, -0.15) is 0 Å². The van der Waals surface area contributed by atoms with Crippen LogP contribution < -0.4 is 5.32 Å². The number of hydrogen-bond donors (Lipinski definition) is 2. The highest BCUT2D eigenvalue weighted by atomic mass is 35.5. The first-order chi connectivity index (χ1) is 9.45. The van der Waals surface area contributed by atoms with Gasteiger partial charge >= 0.3 is 5.97 Å². The molecule has 3 nitrogen and oxygen atoms in total. The molecule has 20 heavy (non-hydrogen) atoms. The number of halogens is 3. The lowest BCUT2D eigenvalue weighted by atomic mass is 10.3. The second kappa shape index (κ2) is 6.19. The van der Waals surface area contributed by atoms with Crippen LogP contribution in [0.1, 0.15) is 9.75 Å². The molecule has 0 bridgehead atoms. The topological polar surface area (TPSA) is 49.3 Å². The van der Waals surface area contributed by atoms with Gasteiger partial charge in [0.15, 0.2) is 5.82 Å². The third kappa shape index (κ3) is 3.68. The molecule has 0 aliphatic carbocycles. The van der Waals surface area contributed by atoms with E-state index in [1.807, 2.05) is 0 Å². The van der Waals surface area contributed by atoms with E-state index in [9.17, 15) is 13.6 Å². The molecule has 0 aliphatic heterocycles. The molecule has 0 saturated carbocycles. The van der Waals surface area contributed by atoms with Crippen LogP contribution in [0.2, 0.25) is 5.02 Å². The lowest BCUT2D eigenvalue weighted by Gasteiger charge is -2.08. The number of carboxylic acid groups (broad SMARTS) is 1. The molecule has 0 aliphatic rings. The van der Waals surface area contributed by atoms with Crippen LogP contribution in [0.4, 0.5) is 14.5 Å². The van der Waals surface area contributed by atoms with E-state index in [0.717, 1.165) is 17.0 Å². The van der Waals surface area contributed by atoms with Crippen LogP contribution in [0.5, 0.6) is 0 Å². The van der Waals surface area contributed by atoms with Crippen molar-refractivity contribution in [2.24, 2.45) is 0 Å². The summed E-state index contributed by atoms with van der Waals surface area (Å²) in [4.78, 5) is 12.1. The highest BCUT2D eigenvalue weighted by molar-refractivity contribution is 7.12. The summed E-state index contributed by atoms with van der Waals surface area (Å²) >= 11 is 7.07. The molecule has 7 heteroatoms. The maximum absolute atomic E-state index is 13.5. The Balaban J connectivity index is 2.05. The molecule has 0 unspecified atom stereocenters. The number of carboxylic acids is 1. The summed E-state index contributed by atoms with van der Waals surface area (Å²) in [6.45, 7) is 0.284. The van der Waals surface area contributed by atoms with Crippen molar-refractivity contribution in [2.75, 3.05) is 5.32 Å². The molecule has 1 heterocycles. The second-order valence-corrected chi connectivity index (χ2v) is 5.70. The number of hydrogen-bond acceptors (Lipinski definition) is 3. The molecular weight excluding hydrogens is 308 g/mol. The van der Waals surface area contributed by atoms with E-state index in [-0.39, 0.29) is 23.7 Å². The van der Waals surface area contributed by atoms with Gasteiger partial charge in [-0.05, 0) is 18.2 Å². The number of rotatable bonds is 5. The molecule has 106 valence electrons. The molecule has 0 fully saturated rings. The summed E-state index contributed by atoms with van der Waals surface area (Å²) in [7, 11) is 0. The van der Waals surface area contributed by atoms with Gasteiger partial charge in [-0.1, -0.05) is 11.6 Å². The van der Waals surface area contributed by atoms with Crippen molar-refractivity contribution in [3.8, 4) is 0 Å². The molecule has 0 amide bonds. The van der Waals surface area contributed by atoms with Crippen LogP contribution in [0.15, 0.2) is 24.3 Å². The van der Waals surface area contributed by atoms with Crippen LogP contribution in [-0.4, -0.2) is 11.1 Å². The predicted octanol–water partition coefficient (Wildman–Crippen LogP) is 3.92. The van der Waals surface area contributed by atoms with Crippen molar-refractivity contribution in [1.82, 2.24) is 0 Å². The van der Waals surface area contributed by atoms with Gasteiger partial charge in [0, 0.05) is 22.4 Å². The number of anilines is 1. The Labute approximate surface area is 122 Å². The number of benzene rings is 1. The maximum atomic E-state index is 13.5. The van der Waals surface area contributed by atoms with Gasteiger partial charge in [-0.3, -0.25) is 4.79 Å². The fourth-order valence-corrected chi connectivity index (χ4v) is 2.86. The molecule has 2 aromatic rings. The standard InChI is InChI=1S/C13H10ClF2NO2S/c14-10-3-7(15)4-11(16)13(10)17-6-9-2-1-8(20-9)5-12(18)19/h1-4,17H,5-6H2,(H,18,19). The number of nitrogens with one attached hydrogen (secondary N) is 1. The predicted molar refractivity (Wildman–Crippen MR) is 74.4 cm³/mol. The number of carbonyl (C=O) groups is 1. The molecular formula is C13H10ClF2NO2S. The van der Waals surface area contributed by atoms with Gasteiger partial charge in [-0.15, -0.1) is 11.3 Å². The average Bonchev–Trinajstić information content (AvgIpc) is 2.74. The van der Waals surface area contributed by atoms with E-state index in [1.54, 1.807) is 12.1 Å². The lowest BCUT2D eigenvalue weighted by molar-refractivity contribution is -0.136. The third-order valence-corrected chi connectivity index (χ3v) is 3.87. The number of thiophene rings is 1. The fraction of sp³-hybridized carbons (Fsp3) is 0.154. The van der Waals surface area contributed by atoms with E-state index in [0.29, 0.717) is 4.88 Å². The van der Waals surface area contributed by atoms with E-state index in [2.05, 4.69) is 5.32 Å². The Hall–Kier alpha value is -1.66. The SMILES string of the molecule is O=C(O)Cc1ccc(CNc2c(F)cc(F)cc2Cl)s1. The first-order valence-electron chi connectivity index (χ1n) is 5.63. The van der Waals surface area contributed by atoms with Gasteiger partial charge in [0.1, 0.15) is 5.82 Å². The molecule has 2 N–H and O–H groups in total. The Morgan fingerprint density at radius 1 is 1.30 bits per heavy atom. The van der Waals surface area contributed by atoms with Gasteiger partial charge in [0.25, 0.3) is 0 Å². The van der Waals surface area contributed by atoms with Crippen molar-refractivity contribution in [3.63, 3.8) is 0 Å². The van der Waals surface area contributed by atoms with Crippen molar-refractivity contribution in [3.05, 3.63) is 50.7 Å². The highest BCUT2D eigenvalue weighted by Crippen LogP contribution is 2.27. The van der Waals surface area contributed by atoms with Crippen LogP contribution in [0.25, 0.3) is 0 Å². The number of aliphatic carboxylic acids is 1. The molecule has 0 spiro atoms. The fourth-order valence-electron chi connectivity index (χ4n) is 1.65. The molecule has 2 rings (SSSR count). The smallest absolute Gasteiger partial charge is 0.308 e. The summed E-state index contributed by atoms with van der Waals surface area (Å²) in [5.41, 5.74) is 0.0289. The average molecular weight is 318 g/mol. The summed E-state index contributed by atoms with van der Waals surface area (Å²) in [6, 6.07) is 5.24. The quantitative estimate of drug-likeness (QED) is 0.878. The Morgan fingerprint density at radius 3 is 2.65 bits per heavy atom. The molecule has 0 atom stereocenters. The summed E-state index contributed by atoms with van der Waals surface area (Å²) in [6.07, 6.45) is -0.0453. The van der Waals surface area contributed by atoms with Gasteiger partial charge in [-0.25, -0.2) is 8.78 Å². The van der Waals surface area contributed by atoms with Crippen LogP contribution in [-0.2, 0) is 17.8 Å². The molecule has 0 radical (unpaired) electrons. The minimum Gasteiger partial charge on any atom is -0.481 e. The molecule has 1 aromatic carbocycles. The second-order valence-electron chi connectivity index (χ2n) is 4.04. The van der Waals surface area contributed by atoms with Crippen LogP contribution >= 0.6 is 22.9 Å². The Kier molecular flexibility index (Phi) is 4.57. The van der Waals surface area contributed by atoms with E-state index < -0.39 is 17.6 Å². The van der Waals surface area contributed by atoms with Gasteiger partial charge in [0.2, 0.25) is 0 Å². The minimum atomic E-state index is -0.904. The zero-order valence-corrected chi connectivity index (χ0v) is 11.7. The Bertz CT molecular complexity index is 622. The maximum Gasteiger partial charge on any atom is 0.308 e. The van der Waals surface area contributed by atoms with Crippen molar-refractivity contribution < 1.29 is 18.7 Å². The lowest BCUT2D eigenvalue weighted by Crippen LogP contribution is -2.01. The largest absolute Gasteiger partial charge is 0.481 e. The summed E-state index contributed by atoms with van der Waals surface area (Å²) in [5.74, 6) is -2.41. The molecule has 0 saturated heterocycles. The van der Waals surface area contributed by atoms with Crippen molar-refractivity contribution in [2.45, 2.75) is 13.0 Å². The van der Waals surface area contributed by atoms with E-state index in [1.165, 1.54) is 11.3 Å². The zero-order chi connectivity index (χ0) is 14.7. The normalized spacial score (nSPS) is 10.6. The zero-order valence-electron chi connectivity index (χ0n) is 10.1. The first kappa shape index (κ1) is 14.7. The van der Waals surface area contributed by atoms with Gasteiger partial charge < -0.3 is 10.4 Å². The Morgan fingerprint density at radius 2 is 2.00 bits per heavy atom. The van der Waals surface area contributed by atoms with E-state index in [4.69, 9.17) is 16.7 Å². The summed E-state index contributed by atoms with van der Waals surface area (Å²) < 4.78 is 26.4. The molecule has 1 aromatic heterocycles. The monoisotopic (exact) mass is 317 g/mol. The summed E-state index contributed by atoms with van der Waals surface area (Å²) in [5, 5.41) is 11.4. The van der Waals surface area contributed by atoms with E-state index >= 15 is 0 Å². The highest BCUT2D eigenvalue weighted by Gasteiger charge is 2.10. The minimum absolute atomic E-state index is 0.0289. The van der Waals surface area contributed by atoms with Gasteiger partial charge in [0.05, 0.1) is 17.1 Å². The third-order valence-electron chi connectivity index (χ3n) is 2.49. The first-order valence-corrected chi connectivity index (χ1v) is 6.83. The van der Waals surface area contributed by atoms with Crippen LogP contribution in [0, 0.1) is 11.6 Å². The van der Waals surface area contributed by atoms with Crippen molar-refractivity contribution >= 4 is 34.6 Å². The van der Waals surface area contributed by atoms with Crippen LogP contribution in [0.3, 0.4) is 0 Å².